The summed E-state index contributed by atoms with van der Waals surface area (Å²) in [6.07, 6.45) is 0. The van der Waals surface area contributed by atoms with Gasteiger partial charge in [-0.2, -0.15) is 11.8 Å². The number of anilines is 2. The minimum absolute atomic E-state index is 0.192. The van der Waals surface area contributed by atoms with Gasteiger partial charge in [-0.25, -0.2) is 18.7 Å². The molecule has 0 aliphatic carbocycles. The summed E-state index contributed by atoms with van der Waals surface area (Å²) in [5, 5.41) is 0. The van der Waals surface area contributed by atoms with Gasteiger partial charge in [-0.1, -0.05) is 0 Å². The Kier molecular flexibility index (Phi) is 4.15. The Morgan fingerprint density at radius 1 is 1.18 bits per heavy atom. The fourth-order valence-corrected chi connectivity index (χ4v) is 3.37. The van der Waals surface area contributed by atoms with E-state index in [4.69, 9.17) is 5.73 Å². The third-order valence-corrected chi connectivity index (χ3v) is 4.48. The average Bonchev–Trinajstić information content (AvgIpc) is 2.50. The Morgan fingerprint density at radius 2 is 1.91 bits per heavy atom. The second kappa shape index (κ2) is 6.08. The van der Waals surface area contributed by atoms with Crippen LogP contribution in [0.5, 0.6) is 0 Å². The highest BCUT2D eigenvalue weighted by Crippen LogP contribution is 2.33. The lowest BCUT2D eigenvalue weighted by Crippen LogP contribution is -2.34. The van der Waals surface area contributed by atoms with Gasteiger partial charge >= 0.3 is 0 Å². The molecule has 2 heterocycles. The Hall–Kier alpha value is -1.89. The van der Waals surface area contributed by atoms with E-state index in [2.05, 4.69) is 14.9 Å². The number of thioether (sulfide) groups is 1. The number of nitrogens with zero attached hydrogens (tertiary/aromatic N) is 3. The third kappa shape index (κ3) is 2.85. The molecule has 3 rings (SSSR count). The number of rotatable bonds is 2. The number of nitrogens with two attached hydrogens (primary N) is 1. The number of hydrogen-bond donors (Lipinski definition) is 1. The second-order valence-electron chi connectivity index (χ2n) is 5.08. The lowest BCUT2D eigenvalue weighted by Gasteiger charge is -2.29. The van der Waals surface area contributed by atoms with Crippen molar-refractivity contribution in [2.75, 3.05) is 35.2 Å². The van der Waals surface area contributed by atoms with Crippen LogP contribution in [0.1, 0.15) is 5.82 Å². The van der Waals surface area contributed by atoms with Gasteiger partial charge in [0.15, 0.2) is 5.82 Å². The number of nitrogen functional groups attached to an aromatic ring is 1. The molecule has 2 aromatic rings. The van der Waals surface area contributed by atoms with Crippen LogP contribution in [0, 0.1) is 18.6 Å². The number of aryl methyl sites for hydroxylation is 1. The standard InChI is InChI=1S/C15H16F2N4S/c1-9-19-14(11-3-2-10(16)8-12(11)17)13(18)15(20-9)21-4-6-22-7-5-21/h2-3,8H,4-7,18H2,1H3. The Labute approximate surface area is 131 Å². The molecular formula is C15H16F2N4S. The van der Waals surface area contributed by atoms with Crippen molar-refractivity contribution >= 4 is 23.3 Å². The molecular weight excluding hydrogens is 306 g/mol. The van der Waals surface area contributed by atoms with Crippen LogP contribution in [0.15, 0.2) is 18.2 Å². The van der Waals surface area contributed by atoms with E-state index in [1.165, 1.54) is 12.1 Å². The molecule has 0 radical (unpaired) electrons. The first kappa shape index (κ1) is 15.0. The van der Waals surface area contributed by atoms with Crippen LogP contribution in [0.3, 0.4) is 0 Å². The lowest BCUT2D eigenvalue weighted by molar-refractivity contribution is 0.585. The van der Waals surface area contributed by atoms with Gasteiger partial charge in [0, 0.05) is 36.2 Å². The zero-order chi connectivity index (χ0) is 15.7. The van der Waals surface area contributed by atoms with Gasteiger partial charge in [0.1, 0.15) is 28.8 Å². The van der Waals surface area contributed by atoms with Crippen molar-refractivity contribution in [1.29, 1.82) is 0 Å². The van der Waals surface area contributed by atoms with Crippen LogP contribution in [0.25, 0.3) is 11.3 Å². The van der Waals surface area contributed by atoms with E-state index in [1.54, 1.807) is 6.92 Å². The quantitative estimate of drug-likeness (QED) is 0.921. The molecule has 0 atom stereocenters. The van der Waals surface area contributed by atoms with Crippen molar-refractivity contribution in [1.82, 2.24) is 9.97 Å². The maximum absolute atomic E-state index is 14.0. The maximum atomic E-state index is 14.0. The van der Waals surface area contributed by atoms with Gasteiger partial charge in [-0.05, 0) is 19.1 Å². The highest BCUT2D eigenvalue weighted by molar-refractivity contribution is 7.99. The van der Waals surface area contributed by atoms with E-state index in [9.17, 15) is 8.78 Å². The molecule has 1 aromatic carbocycles. The van der Waals surface area contributed by atoms with E-state index in [0.717, 1.165) is 30.7 Å². The van der Waals surface area contributed by atoms with Crippen LogP contribution < -0.4 is 10.6 Å². The second-order valence-corrected chi connectivity index (χ2v) is 6.31. The van der Waals surface area contributed by atoms with Crippen molar-refractivity contribution in [3.05, 3.63) is 35.7 Å². The summed E-state index contributed by atoms with van der Waals surface area (Å²) in [7, 11) is 0. The number of halogens is 2. The maximum Gasteiger partial charge on any atom is 0.156 e. The molecule has 0 unspecified atom stereocenters. The predicted molar refractivity (Wildman–Crippen MR) is 86.1 cm³/mol. The molecule has 2 N–H and O–H groups in total. The molecule has 22 heavy (non-hydrogen) atoms. The molecule has 1 aromatic heterocycles. The summed E-state index contributed by atoms with van der Waals surface area (Å²) in [4.78, 5) is 10.8. The molecule has 0 bridgehead atoms. The number of hydrogen-bond acceptors (Lipinski definition) is 5. The average molecular weight is 322 g/mol. The molecule has 7 heteroatoms. The van der Waals surface area contributed by atoms with E-state index >= 15 is 0 Å². The fraction of sp³-hybridized carbons (Fsp3) is 0.333. The van der Waals surface area contributed by atoms with Crippen molar-refractivity contribution in [3.63, 3.8) is 0 Å². The molecule has 1 saturated heterocycles. The molecule has 1 aliphatic rings. The zero-order valence-electron chi connectivity index (χ0n) is 12.1. The molecule has 0 amide bonds. The summed E-state index contributed by atoms with van der Waals surface area (Å²) < 4.78 is 27.1. The van der Waals surface area contributed by atoms with Crippen LogP contribution in [0.4, 0.5) is 20.3 Å². The Balaban J connectivity index is 2.10. The van der Waals surface area contributed by atoms with Gasteiger partial charge in [-0.15, -0.1) is 0 Å². The van der Waals surface area contributed by atoms with Crippen molar-refractivity contribution in [2.45, 2.75) is 6.92 Å². The topological polar surface area (TPSA) is 55.0 Å². The summed E-state index contributed by atoms with van der Waals surface area (Å²) in [5.41, 5.74) is 7.03. The molecule has 1 fully saturated rings. The van der Waals surface area contributed by atoms with E-state index in [-0.39, 0.29) is 5.56 Å². The van der Waals surface area contributed by atoms with Gasteiger partial charge in [0.05, 0.1) is 0 Å². The molecule has 1 aliphatic heterocycles. The van der Waals surface area contributed by atoms with Gasteiger partial charge in [-0.3, -0.25) is 0 Å². The molecule has 0 spiro atoms. The summed E-state index contributed by atoms with van der Waals surface area (Å²) in [6, 6.07) is 3.40. The normalized spacial score (nSPS) is 15.1. The first-order valence-electron chi connectivity index (χ1n) is 6.98. The Bertz CT molecular complexity index is 702. The van der Waals surface area contributed by atoms with Crippen LogP contribution in [-0.4, -0.2) is 34.6 Å². The Morgan fingerprint density at radius 3 is 2.59 bits per heavy atom. The summed E-state index contributed by atoms with van der Waals surface area (Å²) in [5.74, 6) is 1.85. The first-order chi connectivity index (χ1) is 10.6. The first-order valence-corrected chi connectivity index (χ1v) is 8.14. The van der Waals surface area contributed by atoms with Crippen LogP contribution in [0.2, 0.25) is 0 Å². The van der Waals surface area contributed by atoms with Crippen LogP contribution >= 0.6 is 11.8 Å². The summed E-state index contributed by atoms with van der Waals surface area (Å²) in [6.45, 7) is 3.43. The van der Waals surface area contributed by atoms with Gasteiger partial charge in [0.2, 0.25) is 0 Å². The number of benzene rings is 1. The fourth-order valence-electron chi connectivity index (χ4n) is 2.47. The van der Waals surface area contributed by atoms with Gasteiger partial charge in [0.25, 0.3) is 0 Å². The van der Waals surface area contributed by atoms with Crippen LogP contribution in [-0.2, 0) is 0 Å². The predicted octanol–water partition coefficient (Wildman–Crippen LogP) is 2.87. The monoisotopic (exact) mass is 322 g/mol. The molecule has 0 saturated carbocycles. The van der Waals surface area contributed by atoms with Crippen molar-refractivity contribution in [3.8, 4) is 11.3 Å². The minimum Gasteiger partial charge on any atom is -0.394 e. The van der Waals surface area contributed by atoms with E-state index in [0.29, 0.717) is 23.0 Å². The number of aromatic nitrogens is 2. The minimum atomic E-state index is -0.676. The summed E-state index contributed by atoms with van der Waals surface area (Å²) >= 11 is 1.88. The smallest absolute Gasteiger partial charge is 0.156 e. The van der Waals surface area contributed by atoms with Crippen molar-refractivity contribution in [2.24, 2.45) is 0 Å². The molecule has 4 nitrogen and oxygen atoms in total. The van der Waals surface area contributed by atoms with E-state index < -0.39 is 11.6 Å². The largest absolute Gasteiger partial charge is 0.394 e. The zero-order valence-corrected chi connectivity index (χ0v) is 13.0. The SMILES string of the molecule is Cc1nc(-c2ccc(F)cc2F)c(N)c(N2CCSCC2)n1. The van der Waals surface area contributed by atoms with E-state index in [1.807, 2.05) is 11.8 Å². The van der Waals surface area contributed by atoms with Crippen molar-refractivity contribution < 1.29 is 8.78 Å². The highest BCUT2D eigenvalue weighted by Gasteiger charge is 2.21. The lowest BCUT2D eigenvalue weighted by atomic mass is 10.1. The third-order valence-electron chi connectivity index (χ3n) is 3.53. The van der Waals surface area contributed by atoms with Gasteiger partial charge < -0.3 is 10.6 Å². The highest BCUT2D eigenvalue weighted by atomic mass is 32.2. The molecule has 116 valence electrons.